The summed E-state index contributed by atoms with van der Waals surface area (Å²) >= 11 is 9.36. The minimum absolute atomic E-state index is 0.0616. The third-order valence-corrected chi connectivity index (χ3v) is 3.64. The van der Waals surface area contributed by atoms with Gasteiger partial charge in [-0.15, -0.1) is 0 Å². The first-order valence-electron chi connectivity index (χ1n) is 6.47. The second kappa shape index (κ2) is 7.16. The molecule has 0 fully saturated rings. The average Bonchev–Trinajstić information content (AvgIpc) is 2.87. The second-order valence-electron chi connectivity index (χ2n) is 4.42. The lowest BCUT2D eigenvalue weighted by Crippen LogP contribution is -2.23. The molecule has 108 valence electrons. The van der Waals surface area contributed by atoms with Crippen molar-refractivity contribution in [2.75, 3.05) is 13.7 Å². The number of nitrogens with one attached hydrogen (secondary N) is 1. The van der Waals surface area contributed by atoms with Crippen molar-refractivity contribution in [1.29, 1.82) is 0 Å². The molecule has 0 aliphatic heterocycles. The fraction of sp³-hybridized carbons (Fsp3) is 0.333. The minimum atomic E-state index is -0.0616. The van der Waals surface area contributed by atoms with E-state index in [-0.39, 0.29) is 6.04 Å². The maximum Gasteiger partial charge on any atom is 0.169 e. The topological polar surface area (TPSA) is 34.4 Å². The van der Waals surface area contributed by atoms with Gasteiger partial charge in [-0.2, -0.15) is 0 Å². The molecule has 1 atom stereocenters. The van der Waals surface area contributed by atoms with E-state index < -0.39 is 0 Å². The zero-order valence-corrected chi connectivity index (χ0v) is 13.8. The van der Waals surface area contributed by atoms with E-state index in [1.807, 2.05) is 30.3 Å². The molecule has 0 radical (unpaired) electrons. The van der Waals surface area contributed by atoms with Gasteiger partial charge in [0, 0.05) is 10.6 Å². The van der Waals surface area contributed by atoms with Gasteiger partial charge in [0.2, 0.25) is 0 Å². The van der Waals surface area contributed by atoms with Crippen molar-refractivity contribution in [2.24, 2.45) is 0 Å². The van der Waals surface area contributed by atoms with Crippen LogP contribution >= 0.6 is 27.5 Å². The Morgan fingerprint density at radius 3 is 2.75 bits per heavy atom. The second-order valence-corrected chi connectivity index (χ2v) is 5.63. The molecular formula is C15H17BrClNO2. The maximum absolute atomic E-state index is 6.02. The summed E-state index contributed by atoms with van der Waals surface area (Å²) in [5, 5.41) is 4.13. The summed E-state index contributed by atoms with van der Waals surface area (Å²) < 4.78 is 11.8. The molecule has 1 N–H and O–H groups in total. The Morgan fingerprint density at radius 2 is 2.15 bits per heavy atom. The zero-order chi connectivity index (χ0) is 14.5. The Morgan fingerprint density at radius 1 is 1.35 bits per heavy atom. The average molecular weight is 359 g/mol. The van der Waals surface area contributed by atoms with Gasteiger partial charge in [0.15, 0.2) is 4.67 Å². The Kier molecular flexibility index (Phi) is 5.52. The van der Waals surface area contributed by atoms with Crippen molar-refractivity contribution in [3.8, 4) is 5.75 Å². The summed E-state index contributed by atoms with van der Waals surface area (Å²) in [7, 11) is 1.64. The van der Waals surface area contributed by atoms with E-state index in [1.165, 1.54) is 0 Å². The Labute approximate surface area is 132 Å². The van der Waals surface area contributed by atoms with Gasteiger partial charge >= 0.3 is 0 Å². The monoisotopic (exact) mass is 357 g/mol. The lowest BCUT2D eigenvalue weighted by atomic mass is 10.0. The lowest BCUT2D eigenvalue weighted by molar-refractivity contribution is 0.389. The number of rotatable bonds is 6. The lowest BCUT2D eigenvalue weighted by Gasteiger charge is -2.19. The van der Waals surface area contributed by atoms with Crippen molar-refractivity contribution >= 4 is 27.5 Å². The van der Waals surface area contributed by atoms with Crippen LogP contribution in [0.1, 0.15) is 30.7 Å². The molecular weight excluding hydrogens is 342 g/mol. The third kappa shape index (κ3) is 3.57. The highest BCUT2D eigenvalue weighted by molar-refractivity contribution is 9.10. The van der Waals surface area contributed by atoms with Crippen molar-refractivity contribution in [3.05, 3.63) is 51.3 Å². The minimum Gasteiger partial charge on any atom is -0.496 e. The highest BCUT2D eigenvalue weighted by atomic mass is 79.9. The molecule has 0 aliphatic carbocycles. The van der Waals surface area contributed by atoms with E-state index >= 15 is 0 Å². The molecule has 0 amide bonds. The first-order chi connectivity index (χ1) is 9.65. The van der Waals surface area contributed by atoms with Crippen LogP contribution in [0.15, 0.2) is 39.4 Å². The Balaban J connectivity index is 2.40. The molecule has 0 saturated carbocycles. The van der Waals surface area contributed by atoms with Crippen LogP contribution in [0.2, 0.25) is 5.02 Å². The van der Waals surface area contributed by atoms with Crippen LogP contribution in [0, 0.1) is 0 Å². The summed E-state index contributed by atoms with van der Waals surface area (Å²) in [4.78, 5) is 0. The fourth-order valence-corrected chi connectivity index (χ4v) is 2.54. The van der Waals surface area contributed by atoms with Gasteiger partial charge in [0.1, 0.15) is 11.5 Å². The van der Waals surface area contributed by atoms with Crippen molar-refractivity contribution in [2.45, 2.75) is 19.4 Å². The number of hydrogen-bond acceptors (Lipinski definition) is 3. The van der Waals surface area contributed by atoms with Crippen LogP contribution in [-0.4, -0.2) is 13.7 Å². The predicted octanol–water partition coefficient (Wildman–Crippen LogP) is 4.79. The van der Waals surface area contributed by atoms with E-state index in [0.29, 0.717) is 9.69 Å². The summed E-state index contributed by atoms with van der Waals surface area (Å²) in [5.74, 6) is 1.59. The molecule has 20 heavy (non-hydrogen) atoms. The molecule has 0 spiro atoms. The molecule has 3 nitrogen and oxygen atoms in total. The zero-order valence-electron chi connectivity index (χ0n) is 11.5. The van der Waals surface area contributed by atoms with E-state index in [2.05, 4.69) is 28.2 Å². The molecule has 0 saturated heterocycles. The molecule has 0 bridgehead atoms. The standard InChI is InChI=1S/C15H17BrClNO2/c1-3-8-18-15(12-6-7-14(16)20-12)11-5-4-10(17)9-13(11)19-2/h4-7,9,15,18H,3,8H2,1-2H3. The van der Waals surface area contributed by atoms with Crippen LogP contribution in [-0.2, 0) is 0 Å². The molecule has 1 aromatic heterocycles. The SMILES string of the molecule is CCCNC(c1ccc(Br)o1)c1ccc(Cl)cc1OC. The number of hydrogen-bond donors (Lipinski definition) is 1. The largest absolute Gasteiger partial charge is 0.496 e. The highest BCUT2D eigenvalue weighted by Crippen LogP contribution is 2.33. The molecule has 1 unspecified atom stereocenters. The van der Waals surface area contributed by atoms with E-state index in [4.69, 9.17) is 20.8 Å². The van der Waals surface area contributed by atoms with E-state index in [1.54, 1.807) is 7.11 Å². The predicted molar refractivity (Wildman–Crippen MR) is 84.5 cm³/mol. The third-order valence-electron chi connectivity index (χ3n) is 2.98. The normalized spacial score (nSPS) is 12.4. The summed E-state index contributed by atoms with van der Waals surface area (Å²) in [5.41, 5.74) is 1.01. The van der Waals surface area contributed by atoms with Crippen LogP contribution in [0.25, 0.3) is 0 Å². The fourth-order valence-electron chi connectivity index (χ4n) is 2.06. The molecule has 1 aromatic carbocycles. The van der Waals surface area contributed by atoms with Gasteiger partial charge in [-0.3, -0.25) is 0 Å². The van der Waals surface area contributed by atoms with E-state index in [9.17, 15) is 0 Å². The number of furan rings is 1. The van der Waals surface area contributed by atoms with Crippen LogP contribution in [0.3, 0.4) is 0 Å². The Bertz CT molecular complexity index is 571. The molecule has 5 heteroatoms. The number of benzene rings is 1. The summed E-state index contributed by atoms with van der Waals surface area (Å²) in [6.45, 7) is 3.01. The molecule has 0 aliphatic rings. The van der Waals surface area contributed by atoms with Gasteiger partial charge in [-0.25, -0.2) is 0 Å². The van der Waals surface area contributed by atoms with Gasteiger partial charge in [0.25, 0.3) is 0 Å². The Hall–Kier alpha value is -0.970. The maximum atomic E-state index is 6.02. The van der Waals surface area contributed by atoms with Crippen molar-refractivity contribution < 1.29 is 9.15 Å². The quantitative estimate of drug-likeness (QED) is 0.806. The molecule has 1 heterocycles. The van der Waals surface area contributed by atoms with Crippen molar-refractivity contribution in [1.82, 2.24) is 5.32 Å². The molecule has 2 aromatic rings. The van der Waals surface area contributed by atoms with E-state index in [0.717, 1.165) is 30.0 Å². The number of methoxy groups -OCH3 is 1. The smallest absolute Gasteiger partial charge is 0.169 e. The van der Waals surface area contributed by atoms with Gasteiger partial charge < -0.3 is 14.5 Å². The number of halogens is 2. The highest BCUT2D eigenvalue weighted by Gasteiger charge is 2.21. The summed E-state index contributed by atoms with van der Waals surface area (Å²) in [6, 6.07) is 9.41. The van der Waals surface area contributed by atoms with Gasteiger partial charge in [-0.1, -0.05) is 24.6 Å². The van der Waals surface area contributed by atoms with Crippen LogP contribution in [0.4, 0.5) is 0 Å². The van der Waals surface area contributed by atoms with Crippen LogP contribution in [0.5, 0.6) is 5.75 Å². The van der Waals surface area contributed by atoms with Crippen molar-refractivity contribution in [3.63, 3.8) is 0 Å². The molecule has 2 rings (SSSR count). The van der Waals surface area contributed by atoms with Gasteiger partial charge in [-0.05, 0) is 53.2 Å². The number of ether oxygens (including phenoxy) is 1. The first-order valence-corrected chi connectivity index (χ1v) is 7.64. The van der Waals surface area contributed by atoms with Gasteiger partial charge in [0.05, 0.1) is 13.2 Å². The van der Waals surface area contributed by atoms with Crippen LogP contribution < -0.4 is 10.1 Å². The summed E-state index contributed by atoms with van der Waals surface area (Å²) in [6.07, 6.45) is 1.04. The first kappa shape index (κ1) is 15.4.